The van der Waals surface area contributed by atoms with E-state index in [-0.39, 0.29) is 12.4 Å². The summed E-state index contributed by atoms with van der Waals surface area (Å²) in [6, 6.07) is 4.58. The molecule has 0 aromatic heterocycles. The molecule has 0 aliphatic rings. The Labute approximate surface area is 93.4 Å². The number of ether oxygens (including phenoxy) is 2. The number of methoxy groups -OCH3 is 1. The molecule has 0 saturated carbocycles. The lowest BCUT2D eigenvalue weighted by atomic mass is 10.2. The molecule has 0 saturated heterocycles. The third-order valence-electron chi connectivity index (χ3n) is 1.95. The van der Waals surface area contributed by atoms with Crippen LogP contribution >= 0.6 is 0 Å². The molecule has 0 heterocycles. The number of rotatable bonds is 5. The molecule has 0 aliphatic heterocycles. The Kier molecular flexibility index (Phi) is 4.72. The molecule has 5 heteroatoms. The maximum Gasteiger partial charge on any atom is 0.343 e. The van der Waals surface area contributed by atoms with Crippen LogP contribution in [0.2, 0.25) is 0 Å². The monoisotopic (exact) mass is 227 g/mol. The van der Waals surface area contributed by atoms with E-state index in [4.69, 9.17) is 4.74 Å². The Balaban J connectivity index is 2.64. The molecule has 4 nitrogen and oxygen atoms in total. The van der Waals surface area contributed by atoms with Gasteiger partial charge in [-0.05, 0) is 24.7 Å². The van der Waals surface area contributed by atoms with Gasteiger partial charge in [0, 0.05) is 6.54 Å². The Hall–Kier alpha value is -1.62. The second kappa shape index (κ2) is 6.07. The van der Waals surface area contributed by atoms with Gasteiger partial charge in [0.25, 0.3) is 0 Å². The van der Waals surface area contributed by atoms with Crippen molar-refractivity contribution >= 4 is 5.97 Å². The van der Waals surface area contributed by atoms with Crippen molar-refractivity contribution in [2.24, 2.45) is 0 Å². The molecule has 88 valence electrons. The van der Waals surface area contributed by atoms with Gasteiger partial charge in [-0.1, -0.05) is 6.07 Å². The van der Waals surface area contributed by atoms with Gasteiger partial charge in [0.1, 0.15) is 0 Å². The smallest absolute Gasteiger partial charge is 0.343 e. The zero-order valence-electron chi connectivity index (χ0n) is 9.25. The summed E-state index contributed by atoms with van der Waals surface area (Å²) >= 11 is 0. The Bertz CT molecular complexity index is 368. The van der Waals surface area contributed by atoms with Crippen molar-refractivity contribution < 1.29 is 18.7 Å². The predicted molar refractivity (Wildman–Crippen MR) is 56.7 cm³/mol. The fraction of sp³-hybridized carbons (Fsp3) is 0.364. The van der Waals surface area contributed by atoms with Crippen LogP contribution in [0.4, 0.5) is 4.39 Å². The van der Waals surface area contributed by atoms with Crippen LogP contribution in [0.5, 0.6) is 5.75 Å². The van der Waals surface area contributed by atoms with Crippen LogP contribution in [0.25, 0.3) is 0 Å². The minimum atomic E-state index is -0.543. The van der Waals surface area contributed by atoms with Crippen molar-refractivity contribution in [1.29, 1.82) is 0 Å². The summed E-state index contributed by atoms with van der Waals surface area (Å²) in [5.41, 5.74) is 0.811. The highest BCUT2D eigenvalue weighted by molar-refractivity contribution is 5.70. The molecule has 0 unspecified atom stereocenters. The second-order valence-corrected chi connectivity index (χ2v) is 3.16. The summed E-state index contributed by atoms with van der Waals surface area (Å²) in [5.74, 6) is -0.986. The summed E-state index contributed by atoms with van der Waals surface area (Å²) in [6.07, 6.45) is 0. The van der Waals surface area contributed by atoms with Crippen LogP contribution in [0.3, 0.4) is 0 Å². The van der Waals surface area contributed by atoms with Gasteiger partial charge in [0.15, 0.2) is 18.2 Å². The maximum atomic E-state index is 13.4. The molecule has 0 fully saturated rings. The number of carbonyl (C=O) groups excluding carboxylic acids is 1. The summed E-state index contributed by atoms with van der Waals surface area (Å²) in [4.78, 5) is 10.8. The maximum absolute atomic E-state index is 13.4. The van der Waals surface area contributed by atoms with E-state index in [1.165, 1.54) is 19.2 Å². The molecule has 1 aromatic carbocycles. The van der Waals surface area contributed by atoms with E-state index in [1.54, 1.807) is 13.1 Å². The third-order valence-corrected chi connectivity index (χ3v) is 1.95. The lowest BCUT2D eigenvalue weighted by Crippen LogP contribution is -2.13. The molecule has 1 rings (SSSR count). The lowest BCUT2D eigenvalue weighted by molar-refractivity contribution is -0.142. The molecule has 1 aromatic rings. The van der Waals surface area contributed by atoms with Crippen LogP contribution < -0.4 is 10.1 Å². The number of nitrogens with one attached hydrogen (secondary N) is 1. The number of esters is 1. The van der Waals surface area contributed by atoms with E-state index in [1.807, 2.05) is 0 Å². The van der Waals surface area contributed by atoms with Crippen LogP contribution in [-0.4, -0.2) is 26.7 Å². The van der Waals surface area contributed by atoms with E-state index in [0.29, 0.717) is 6.54 Å². The van der Waals surface area contributed by atoms with Crippen LogP contribution in [0.1, 0.15) is 5.56 Å². The van der Waals surface area contributed by atoms with Gasteiger partial charge in [-0.2, -0.15) is 0 Å². The lowest BCUT2D eigenvalue weighted by Gasteiger charge is -2.07. The van der Waals surface area contributed by atoms with E-state index < -0.39 is 11.8 Å². The Morgan fingerprint density at radius 3 is 2.81 bits per heavy atom. The zero-order chi connectivity index (χ0) is 12.0. The molecular weight excluding hydrogens is 213 g/mol. The number of halogens is 1. The topological polar surface area (TPSA) is 47.6 Å². The van der Waals surface area contributed by atoms with E-state index in [9.17, 15) is 9.18 Å². The first-order valence-corrected chi connectivity index (χ1v) is 4.80. The molecule has 0 aliphatic carbocycles. The molecular formula is C11H14FNO3. The first kappa shape index (κ1) is 12.4. The SMILES string of the molecule is CNCc1ccc(OCC(=O)OC)c(F)c1. The minimum absolute atomic E-state index is 0.0465. The summed E-state index contributed by atoms with van der Waals surface area (Å²) < 4.78 is 22.8. The number of hydrogen-bond donors (Lipinski definition) is 1. The highest BCUT2D eigenvalue weighted by Crippen LogP contribution is 2.18. The third kappa shape index (κ3) is 3.51. The predicted octanol–water partition coefficient (Wildman–Crippen LogP) is 1.10. The van der Waals surface area contributed by atoms with Crippen molar-refractivity contribution in [1.82, 2.24) is 5.32 Å². The van der Waals surface area contributed by atoms with Gasteiger partial charge in [0.2, 0.25) is 0 Å². The molecule has 16 heavy (non-hydrogen) atoms. The van der Waals surface area contributed by atoms with Crippen molar-refractivity contribution in [2.45, 2.75) is 6.54 Å². The molecule has 0 bridgehead atoms. The van der Waals surface area contributed by atoms with Crippen molar-refractivity contribution in [3.63, 3.8) is 0 Å². The molecule has 0 amide bonds. The van der Waals surface area contributed by atoms with Crippen LogP contribution in [0, 0.1) is 5.82 Å². The summed E-state index contributed by atoms with van der Waals surface area (Å²) in [6.45, 7) is 0.285. The van der Waals surface area contributed by atoms with E-state index in [0.717, 1.165) is 5.56 Å². The number of hydrogen-bond acceptors (Lipinski definition) is 4. The quantitative estimate of drug-likeness (QED) is 0.765. The standard InChI is InChI=1S/C11H14FNO3/c1-13-6-8-3-4-10(9(12)5-8)16-7-11(14)15-2/h3-5,13H,6-7H2,1-2H3. The van der Waals surface area contributed by atoms with Gasteiger partial charge in [-0.3, -0.25) is 0 Å². The van der Waals surface area contributed by atoms with Gasteiger partial charge < -0.3 is 14.8 Å². The molecule has 1 N–H and O–H groups in total. The largest absolute Gasteiger partial charge is 0.479 e. The van der Waals surface area contributed by atoms with Gasteiger partial charge in [0.05, 0.1) is 7.11 Å². The van der Waals surface area contributed by atoms with Crippen LogP contribution in [0.15, 0.2) is 18.2 Å². The fourth-order valence-corrected chi connectivity index (χ4v) is 1.17. The Morgan fingerprint density at radius 2 is 2.25 bits per heavy atom. The molecule has 0 spiro atoms. The van der Waals surface area contributed by atoms with Crippen molar-refractivity contribution in [3.05, 3.63) is 29.6 Å². The first-order chi connectivity index (χ1) is 7.67. The Morgan fingerprint density at radius 1 is 1.50 bits per heavy atom. The van der Waals surface area contributed by atoms with Crippen molar-refractivity contribution in [3.8, 4) is 5.75 Å². The van der Waals surface area contributed by atoms with Gasteiger partial charge >= 0.3 is 5.97 Å². The summed E-state index contributed by atoms with van der Waals surface area (Å²) in [5, 5.41) is 2.91. The number of benzene rings is 1. The highest BCUT2D eigenvalue weighted by atomic mass is 19.1. The van der Waals surface area contributed by atoms with Gasteiger partial charge in [-0.15, -0.1) is 0 Å². The normalized spacial score (nSPS) is 9.94. The first-order valence-electron chi connectivity index (χ1n) is 4.80. The minimum Gasteiger partial charge on any atom is -0.479 e. The van der Waals surface area contributed by atoms with Crippen LogP contribution in [-0.2, 0) is 16.1 Å². The zero-order valence-corrected chi connectivity index (χ0v) is 9.25. The van der Waals surface area contributed by atoms with Crippen molar-refractivity contribution in [2.75, 3.05) is 20.8 Å². The molecule has 0 radical (unpaired) electrons. The van der Waals surface area contributed by atoms with E-state index in [2.05, 4.69) is 10.1 Å². The highest BCUT2D eigenvalue weighted by Gasteiger charge is 2.07. The van der Waals surface area contributed by atoms with Gasteiger partial charge in [-0.25, -0.2) is 9.18 Å². The average molecular weight is 227 g/mol. The molecule has 0 atom stereocenters. The van der Waals surface area contributed by atoms with E-state index >= 15 is 0 Å². The average Bonchev–Trinajstić information content (AvgIpc) is 2.28. The summed E-state index contributed by atoms with van der Waals surface area (Å²) in [7, 11) is 3.03. The fourth-order valence-electron chi connectivity index (χ4n) is 1.17. The second-order valence-electron chi connectivity index (χ2n) is 3.16. The number of carbonyl (C=O) groups is 1.